The normalized spacial score (nSPS) is 10.7. The molecule has 74 valence electrons. The van der Waals surface area contributed by atoms with Crippen LogP contribution in [-0.4, -0.2) is 12.2 Å². The van der Waals surface area contributed by atoms with E-state index in [0.29, 0.717) is 12.3 Å². The molecule has 0 atom stereocenters. The van der Waals surface area contributed by atoms with Crippen molar-refractivity contribution in [1.82, 2.24) is 0 Å². The summed E-state index contributed by atoms with van der Waals surface area (Å²) in [6.07, 6.45) is 0. The van der Waals surface area contributed by atoms with Crippen molar-refractivity contribution >= 4 is 21.4 Å². The average molecular weight is 209 g/mol. The zero-order valence-corrected chi connectivity index (χ0v) is 8.60. The number of nitrogens with two attached hydrogens (primary N) is 1. The fraction of sp³-hybridized carbons (Fsp3) is 0.200. The van der Waals surface area contributed by atoms with E-state index in [-0.39, 0.29) is 0 Å². The Morgan fingerprint density at radius 1 is 1.50 bits per heavy atom. The number of thiophene rings is 1. The summed E-state index contributed by atoms with van der Waals surface area (Å²) in [7, 11) is 1.62. The minimum Gasteiger partial charge on any atom is -0.506 e. The quantitative estimate of drug-likeness (QED) is 0.796. The molecule has 0 aliphatic rings. The van der Waals surface area contributed by atoms with Crippen LogP contribution in [-0.2, 0) is 6.54 Å². The molecule has 2 aromatic rings. The summed E-state index contributed by atoms with van der Waals surface area (Å²) in [4.78, 5) is 0.813. The van der Waals surface area contributed by atoms with E-state index >= 15 is 0 Å². The first-order chi connectivity index (χ1) is 6.76. The first-order valence-corrected chi connectivity index (χ1v) is 5.06. The smallest absolute Gasteiger partial charge is 0.138 e. The van der Waals surface area contributed by atoms with Gasteiger partial charge in [-0.1, -0.05) is 0 Å². The molecule has 2 rings (SSSR count). The molecule has 0 saturated heterocycles. The number of rotatable bonds is 2. The van der Waals surface area contributed by atoms with E-state index in [0.717, 1.165) is 20.7 Å². The number of aromatic hydroxyl groups is 1. The van der Waals surface area contributed by atoms with Crippen molar-refractivity contribution in [3.8, 4) is 11.5 Å². The van der Waals surface area contributed by atoms with E-state index in [1.807, 2.05) is 18.2 Å². The van der Waals surface area contributed by atoms with Gasteiger partial charge in [-0.3, -0.25) is 0 Å². The summed E-state index contributed by atoms with van der Waals surface area (Å²) < 4.78 is 6.10. The van der Waals surface area contributed by atoms with Crippen LogP contribution >= 0.6 is 11.3 Å². The largest absolute Gasteiger partial charge is 0.506 e. The third-order valence-corrected chi connectivity index (χ3v) is 3.29. The van der Waals surface area contributed by atoms with Gasteiger partial charge in [-0.2, -0.15) is 0 Å². The summed E-state index contributed by atoms with van der Waals surface area (Å²) in [6.45, 7) is 0.369. The van der Waals surface area contributed by atoms with Crippen molar-refractivity contribution in [3.05, 3.63) is 23.1 Å². The number of methoxy groups -OCH3 is 1. The number of fused-ring (bicyclic) bond motifs is 1. The highest BCUT2D eigenvalue weighted by Gasteiger charge is 2.09. The predicted molar refractivity (Wildman–Crippen MR) is 57.9 cm³/mol. The van der Waals surface area contributed by atoms with Crippen molar-refractivity contribution in [2.75, 3.05) is 7.11 Å². The van der Waals surface area contributed by atoms with Gasteiger partial charge in [0.05, 0.1) is 12.0 Å². The van der Waals surface area contributed by atoms with Crippen LogP contribution in [0.5, 0.6) is 11.5 Å². The van der Waals surface area contributed by atoms with Gasteiger partial charge in [-0.15, -0.1) is 11.3 Å². The second-order valence-electron chi connectivity index (χ2n) is 2.94. The lowest BCUT2D eigenvalue weighted by molar-refractivity contribution is 0.415. The second kappa shape index (κ2) is 3.48. The maximum Gasteiger partial charge on any atom is 0.138 e. The van der Waals surface area contributed by atoms with E-state index in [2.05, 4.69) is 0 Å². The molecule has 0 saturated carbocycles. The Morgan fingerprint density at radius 2 is 2.29 bits per heavy atom. The van der Waals surface area contributed by atoms with Crippen LogP contribution in [0.2, 0.25) is 0 Å². The average Bonchev–Trinajstić information content (AvgIpc) is 2.55. The summed E-state index contributed by atoms with van der Waals surface area (Å²) in [5.41, 5.74) is 5.50. The van der Waals surface area contributed by atoms with E-state index in [4.69, 9.17) is 10.5 Å². The van der Waals surface area contributed by atoms with Gasteiger partial charge in [0, 0.05) is 16.6 Å². The van der Waals surface area contributed by atoms with Gasteiger partial charge >= 0.3 is 0 Å². The van der Waals surface area contributed by atoms with Crippen molar-refractivity contribution in [1.29, 1.82) is 0 Å². The van der Waals surface area contributed by atoms with Crippen LogP contribution in [0.25, 0.3) is 10.1 Å². The minimum atomic E-state index is 0.301. The third kappa shape index (κ3) is 1.32. The molecule has 3 nitrogen and oxygen atoms in total. The zero-order chi connectivity index (χ0) is 10.1. The predicted octanol–water partition coefficient (Wildman–Crippen LogP) is 2.07. The van der Waals surface area contributed by atoms with Crippen LogP contribution in [0.1, 0.15) is 4.88 Å². The third-order valence-electron chi connectivity index (χ3n) is 2.13. The molecule has 0 bridgehead atoms. The topological polar surface area (TPSA) is 55.5 Å². The lowest BCUT2D eigenvalue weighted by Crippen LogP contribution is -1.91. The highest BCUT2D eigenvalue weighted by atomic mass is 32.1. The summed E-state index contributed by atoms with van der Waals surface area (Å²) in [6, 6.07) is 5.58. The fourth-order valence-corrected chi connectivity index (χ4v) is 2.38. The number of benzene rings is 1. The van der Waals surface area contributed by atoms with E-state index < -0.39 is 0 Å². The molecule has 1 aromatic heterocycles. The van der Waals surface area contributed by atoms with E-state index in [9.17, 15) is 5.11 Å². The van der Waals surface area contributed by atoms with Gasteiger partial charge in [0.15, 0.2) is 0 Å². The highest BCUT2D eigenvalue weighted by Crippen LogP contribution is 2.38. The van der Waals surface area contributed by atoms with Gasteiger partial charge in [0.2, 0.25) is 0 Å². The SMILES string of the molecule is COc1ccc2c(O)c(CN)sc2c1. The lowest BCUT2D eigenvalue weighted by atomic mass is 10.2. The first kappa shape index (κ1) is 9.30. The molecule has 4 heteroatoms. The van der Waals surface area contributed by atoms with Crippen molar-refractivity contribution in [2.45, 2.75) is 6.54 Å². The van der Waals surface area contributed by atoms with Crippen LogP contribution in [0.4, 0.5) is 0 Å². The van der Waals surface area contributed by atoms with Crippen LogP contribution in [0.15, 0.2) is 18.2 Å². The summed E-state index contributed by atoms with van der Waals surface area (Å²) in [5, 5.41) is 10.6. The van der Waals surface area contributed by atoms with Crippen molar-refractivity contribution < 1.29 is 9.84 Å². The highest BCUT2D eigenvalue weighted by molar-refractivity contribution is 7.19. The Hall–Kier alpha value is -1.26. The van der Waals surface area contributed by atoms with Gasteiger partial charge in [0.25, 0.3) is 0 Å². The molecule has 0 fully saturated rings. The Bertz CT molecular complexity index is 464. The molecule has 14 heavy (non-hydrogen) atoms. The van der Waals surface area contributed by atoms with Gasteiger partial charge in [-0.05, 0) is 18.2 Å². The van der Waals surface area contributed by atoms with Gasteiger partial charge in [-0.25, -0.2) is 0 Å². The Kier molecular flexibility index (Phi) is 2.31. The van der Waals surface area contributed by atoms with Crippen molar-refractivity contribution in [3.63, 3.8) is 0 Å². The van der Waals surface area contributed by atoms with Crippen LogP contribution < -0.4 is 10.5 Å². The molecule has 0 radical (unpaired) electrons. The van der Waals surface area contributed by atoms with Gasteiger partial charge < -0.3 is 15.6 Å². The zero-order valence-electron chi connectivity index (χ0n) is 7.78. The fourth-order valence-electron chi connectivity index (χ4n) is 1.38. The van der Waals surface area contributed by atoms with Crippen molar-refractivity contribution in [2.24, 2.45) is 5.73 Å². The molecule has 1 aromatic carbocycles. The molecule has 0 amide bonds. The number of hydrogen-bond acceptors (Lipinski definition) is 4. The standard InChI is InChI=1S/C10H11NO2S/c1-13-6-2-3-7-8(4-6)14-9(5-11)10(7)12/h2-4,12H,5,11H2,1H3. The van der Waals surface area contributed by atoms with Crippen LogP contribution in [0, 0.1) is 0 Å². The summed E-state index contributed by atoms with van der Waals surface area (Å²) >= 11 is 1.50. The Labute approximate surface area is 85.7 Å². The molecular weight excluding hydrogens is 198 g/mol. The van der Waals surface area contributed by atoms with E-state index in [1.165, 1.54) is 11.3 Å². The maximum absolute atomic E-state index is 9.74. The minimum absolute atomic E-state index is 0.301. The number of ether oxygens (including phenoxy) is 1. The van der Waals surface area contributed by atoms with Crippen LogP contribution in [0.3, 0.4) is 0 Å². The first-order valence-electron chi connectivity index (χ1n) is 4.24. The monoisotopic (exact) mass is 209 g/mol. The lowest BCUT2D eigenvalue weighted by Gasteiger charge is -1.97. The number of hydrogen-bond donors (Lipinski definition) is 2. The molecule has 3 N–H and O–H groups in total. The Morgan fingerprint density at radius 3 is 2.93 bits per heavy atom. The molecule has 0 aliphatic carbocycles. The molecular formula is C10H11NO2S. The maximum atomic E-state index is 9.74. The molecule has 1 heterocycles. The molecule has 0 aliphatic heterocycles. The molecule has 0 unspecified atom stereocenters. The molecule has 0 spiro atoms. The van der Waals surface area contributed by atoms with E-state index in [1.54, 1.807) is 7.11 Å². The van der Waals surface area contributed by atoms with Gasteiger partial charge in [0.1, 0.15) is 11.5 Å². The Balaban J connectivity index is 2.66. The summed E-state index contributed by atoms with van der Waals surface area (Å²) in [5.74, 6) is 1.09. The second-order valence-corrected chi connectivity index (χ2v) is 4.08.